The van der Waals surface area contributed by atoms with Gasteiger partial charge in [0.15, 0.2) is 5.83 Å². The first-order valence-corrected chi connectivity index (χ1v) is 10.6. The van der Waals surface area contributed by atoms with Gasteiger partial charge in [-0.3, -0.25) is 14.1 Å². The molecule has 1 aromatic heterocycles. The van der Waals surface area contributed by atoms with Gasteiger partial charge in [-0.25, -0.2) is 18.1 Å². The maximum absolute atomic E-state index is 14.7. The van der Waals surface area contributed by atoms with Gasteiger partial charge < -0.3 is 5.73 Å². The number of hydrogen-bond acceptors (Lipinski definition) is 7. The molecule has 0 unspecified atom stereocenters. The molecule has 4 N–H and O–H groups in total. The molecule has 0 saturated heterocycles. The molecule has 0 radical (unpaired) electrons. The Hall–Kier alpha value is -2.71. The van der Waals surface area contributed by atoms with E-state index in [9.17, 15) is 17.9 Å². The summed E-state index contributed by atoms with van der Waals surface area (Å²) in [6.45, 7) is 1.52. The topological polar surface area (TPSA) is 119 Å². The van der Waals surface area contributed by atoms with Crippen LogP contribution < -0.4 is 5.73 Å². The molecule has 158 valence electrons. The first-order valence-electron chi connectivity index (χ1n) is 8.55. The first-order chi connectivity index (χ1) is 14.0. The van der Waals surface area contributed by atoms with Crippen LogP contribution in [-0.2, 0) is 5.54 Å². The van der Waals surface area contributed by atoms with E-state index in [0.717, 1.165) is 16.4 Å². The third-order valence-corrected chi connectivity index (χ3v) is 6.96. The van der Waals surface area contributed by atoms with E-state index in [-0.39, 0.29) is 39.1 Å². The highest BCUT2D eigenvalue weighted by atomic mass is 35.5. The maximum Gasteiger partial charge on any atom is 0.210 e. The Kier molecular flexibility index (Phi) is 5.75. The van der Waals surface area contributed by atoms with E-state index in [4.69, 9.17) is 22.6 Å². The van der Waals surface area contributed by atoms with Crippen LogP contribution in [0.1, 0.15) is 29.3 Å². The van der Waals surface area contributed by atoms with Crippen LogP contribution in [-0.4, -0.2) is 37.2 Å². The second-order valence-corrected chi connectivity index (χ2v) is 9.42. The zero-order chi connectivity index (χ0) is 22.3. The zero-order valence-corrected chi connectivity index (χ0v) is 17.5. The predicted molar refractivity (Wildman–Crippen MR) is 114 cm³/mol. The average molecular weight is 454 g/mol. The largest absolute Gasteiger partial charge is 0.369 e. The van der Waals surface area contributed by atoms with Crippen LogP contribution in [0.5, 0.6) is 0 Å². The monoisotopic (exact) mass is 453 g/mol. The third kappa shape index (κ3) is 4.11. The van der Waals surface area contributed by atoms with E-state index in [2.05, 4.69) is 9.98 Å². The van der Waals surface area contributed by atoms with Crippen LogP contribution in [0.25, 0.3) is 11.9 Å². The summed E-state index contributed by atoms with van der Waals surface area (Å²) in [5.41, 5.74) is 4.74. The molecular formula is C19H18ClF2N5O2S. The summed E-state index contributed by atoms with van der Waals surface area (Å²) in [5.74, 6) is -1.88. The fraction of sp³-hybridized carbons (Fsp3) is 0.211. The molecule has 0 spiro atoms. The second-order valence-electron chi connectivity index (χ2n) is 6.92. The lowest BCUT2D eigenvalue weighted by Crippen LogP contribution is -2.47. The highest BCUT2D eigenvalue weighted by molar-refractivity contribution is 8.22. The SMILES string of the molecule is CN1C(N)=N[C@](C)(c2cc(/C=C(\F)c3ncc(C#N)cc3Cl)ccc2F)CS1(O)O. The summed E-state index contributed by atoms with van der Waals surface area (Å²) in [4.78, 5) is 8.08. The summed E-state index contributed by atoms with van der Waals surface area (Å²) < 4.78 is 51.0. The summed E-state index contributed by atoms with van der Waals surface area (Å²) in [7, 11) is -1.92. The Balaban J connectivity index is 2.04. The van der Waals surface area contributed by atoms with Crippen molar-refractivity contribution in [2.45, 2.75) is 12.5 Å². The van der Waals surface area contributed by atoms with E-state index in [0.29, 0.717) is 0 Å². The van der Waals surface area contributed by atoms with Gasteiger partial charge in [0.05, 0.1) is 16.3 Å². The molecule has 0 fully saturated rings. The van der Waals surface area contributed by atoms with Crippen molar-refractivity contribution in [1.29, 1.82) is 5.26 Å². The number of aliphatic imine (C=N–C) groups is 1. The Bertz CT molecular complexity index is 1120. The van der Waals surface area contributed by atoms with Gasteiger partial charge in [0, 0.05) is 18.8 Å². The normalized spacial score (nSPS) is 22.3. The van der Waals surface area contributed by atoms with E-state index in [1.807, 2.05) is 6.07 Å². The number of nitrogens with zero attached hydrogens (tertiary/aromatic N) is 4. The molecule has 1 aromatic carbocycles. The molecule has 7 nitrogen and oxygen atoms in total. The Morgan fingerprint density at radius 3 is 2.73 bits per heavy atom. The van der Waals surface area contributed by atoms with Crippen molar-refractivity contribution >= 4 is 40.2 Å². The molecule has 1 aliphatic rings. The van der Waals surface area contributed by atoms with Crippen LogP contribution in [0, 0.1) is 17.1 Å². The van der Waals surface area contributed by atoms with Gasteiger partial charge >= 0.3 is 0 Å². The van der Waals surface area contributed by atoms with Crippen LogP contribution in [0.3, 0.4) is 0 Å². The van der Waals surface area contributed by atoms with E-state index < -0.39 is 28.0 Å². The smallest absolute Gasteiger partial charge is 0.210 e. The molecule has 2 aromatic rings. The highest BCUT2D eigenvalue weighted by Crippen LogP contribution is 2.51. The fourth-order valence-corrected chi connectivity index (χ4v) is 4.82. The lowest BCUT2D eigenvalue weighted by atomic mass is 9.92. The lowest BCUT2D eigenvalue weighted by Gasteiger charge is -2.49. The van der Waals surface area contributed by atoms with E-state index >= 15 is 0 Å². The van der Waals surface area contributed by atoms with Gasteiger partial charge in [-0.15, -0.1) is 10.8 Å². The molecule has 2 heterocycles. The van der Waals surface area contributed by atoms with Gasteiger partial charge in [0.1, 0.15) is 23.1 Å². The molecule has 0 bridgehead atoms. The maximum atomic E-state index is 14.7. The first kappa shape index (κ1) is 22.0. The predicted octanol–water partition coefficient (Wildman–Crippen LogP) is 4.35. The summed E-state index contributed by atoms with van der Waals surface area (Å²) >= 11 is 5.99. The molecule has 1 aliphatic heterocycles. The van der Waals surface area contributed by atoms with E-state index in [1.54, 1.807) is 0 Å². The molecule has 0 saturated carbocycles. The molecule has 1 atom stereocenters. The fourth-order valence-electron chi connectivity index (χ4n) is 3.05. The van der Waals surface area contributed by atoms with Gasteiger partial charge in [-0.1, -0.05) is 17.7 Å². The van der Waals surface area contributed by atoms with Crippen molar-refractivity contribution in [2.75, 3.05) is 12.8 Å². The molecule has 30 heavy (non-hydrogen) atoms. The number of halogens is 3. The Morgan fingerprint density at radius 2 is 2.13 bits per heavy atom. The van der Waals surface area contributed by atoms with Crippen molar-refractivity contribution in [3.05, 3.63) is 63.7 Å². The van der Waals surface area contributed by atoms with Crippen molar-refractivity contribution in [3.63, 3.8) is 0 Å². The number of hydrogen-bond donors (Lipinski definition) is 3. The van der Waals surface area contributed by atoms with Crippen molar-refractivity contribution in [3.8, 4) is 6.07 Å². The zero-order valence-electron chi connectivity index (χ0n) is 16.0. The van der Waals surface area contributed by atoms with Crippen LogP contribution >= 0.6 is 22.4 Å². The minimum Gasteiger partial charge on any atom is -0.369 e. The minimum absolute atomic E-state index is 0.0268. The van der Waals surface area contributed by atoms with Crippen molar-refractivity contribution in [2.24, 2.45) is 10.7 Å². The highest BCUT2D eigenvalue weighted by Gasteiger charge is 2.41. The lowest BCUT2D eigenvalue weighted by molar-refractivity contribution is 0.391. The van der Waals surface area contributed by atoms with Crippen molar-refractivity contribution in [1.82, 2.24) is 9.29 Å². The van der Waals surface area contributed by atoms with Crippen LogP contribution in [0.15, 0.2) is 35.5 Å². The Morgan fingerprint density at radius 1 is 1.43 bits per heavy atom. The minimum atomic E-state index is -3.31. The van der Waals surface area contributed by atoms with Crippen LogP contribution in [0.4, 0.5) is 8.78 Å². The second kappa shape index (κ2) is 7.85. The summed E-state index contributed by atoms with van der Waals surface area (Å²) in [5, 5.41) is 8.81. The molecule has 0 amide bonds. The van der Waals surface area contributed by atoms with Gasteiger partial charge in [0.2, 0.25) is 5.96 Å². The number of guanidine groups is 1. The molecule has 0 aliphatic carbocycles. The number of pyridine rings is 1. The Labute approximate surface area is 178 Å². The molecular weight excluding hydrogens is 436 g/mol. The average Bonchev–Trinajstić information content (AvgIpc) is 2.66. The standard InChI is InChI=1S/C19H18ClF2N5O2S/c1-19(10-30(28,29)27(2)18(24)26-19)13-5-11(3-4-15(13)21)7-16(22)17-14(20)6-12(8-23)9-25-17/h3-7,9,28-29H,10H2,1-2H3,(H2,24,26)/b16-7-/t19-/m0/s1. The third-order valence-electron chi connectivity index (χ3n) is 4.66. The quantitative estimate of drug-likeness (QED) is 0.635. The van der Waals surface area contributed by atoms with E-state index in [1.165, 1.54) is 38.4 Å². The molecule has 11 heteroatoms. The van der Waals surface area contributed by atoms with Gasteiger partial charge in [-0.05, 0) is 36.8 Å². The molecule has 3 rings (SSSR count). The van der Waals surface area contributed by atoms with Crippen LogP contribution in [0.2, 0.25) is 5.02 Å². The summed E-state index contributed by atoms with van der Waals surface area (Å²) in [6.07, 6.45) is 2.29. The van der Waals surface area contributed by atoms with Gasteiger partial charge in [-0.2, -0.15) is 5.26 Å². The number of rotatable bonds is 3. The number of benzene rings is 1. The number of aromatic nitrogens is 1. The van der Waals surface area contributed by atoms with Gasteiger partial charge in [0.25, 0.3) is 0 Å². The van der Waals surface area contributed by atoms with Crippen molar-refractivity contribution < 1.29 is 17.9 Å². The summed E-state index contributed by atoms with van der Waals surface area (Å²) in [6, 6.07) is 6.97. The number of nitriles is 1. The number of nitrogens with two attached hydrogens (primary N) is 1.